The van der Waals surface area contributed by atoms with E-state index < -0.39 is 16.8 Å². The van der Waals surface area contributed by atoms with Gasteiger partial charge in [-0.15, -0.1) is 0 Å². The molecule has 0 amide bonds. The number of nitrogens with zero attached hydrogens (tertiary/aromatic N) is 1. The number of aliphatic hydroxyl groups excluding tert-OH is 1. The van der Waals surface area contributed by atoms with Crippen LogP contribution in [0.5, 0.6) is 0 Å². The third-order valence-electron chi connectivity index (χ3n) is 2.70. The second-order valence-corrected chi connectivity index (χ2v) is 5.27. The Bertz CT molecular complexity index is 646. The van der Waals surface area contributed by atoms with Crippen molar-refractivity contribution >= 4 is 17.4 Å². The summed E-state index contributed by atoms with van der Waals surface area (Å²) in [5.41, 5.74) is 0.395. The predicted molar refractivity (Wildman–Crippen MR) is 74.3 cm³/mol. The van der Waals surface area contributed by atoms with Crippen molar-refractivity contribution in [3.63, 3.8) is 0 Å². The van der Waals surface area contributed by atoms with E-state index in [1.807, 2.05) is 0 Å². The van der Waals surface area contributed by atoms with Crippen molar-refractivity contribution in [2.24, 2.45) is 0 Å². The summed E-state index contributed by atoms with van der Waals surface area (Å²) in [5.74, 6) is -0.451. The highest BCUT2D eigenvalue weighted by molar-refractivity contribution is 7.99. The van der Waals surface area contributed by atoms with Crippen molar-refractivity contribution in [3.05, 3.63) is 64.0 Å². The first-order chi connectivity index (χ1) is 9.49. The van der Waals surface area contributed by atoms with Crippen LogP contribution in [0.2, 0.25) is 0 Å². The van der Waals surface area contributed by atoms with Crippen LogP contribution in [0.25, 0.3) is 0 Å². The standard InChI is InChI=1S/C14H12FNO3S/c1-9(17)11-8-10(15)6-7-13(11)20-14-5-3-2-4-12(14)16(18)19/h2-9,17H,1H3. The second-order valence-electron chi connectivity index (χ2n) is 4.19. The van der Waals surface area contributed by atoms with E-state index in [-0.39, 0.29) is 5.69 Å². The lowest BCUT2D eigenvalue weighted by molar-refractivity contribution is -0.387. The number of benzene rings is 2. The molecule has 0 aromatic heterocycles. The molecule has 4 nitrogen and oxygen atoms in total. The SMILES string of the molecule is CC(O)c1cc(F)ccc1Sc1ccccc1[N+](=O)[O-]. The second kappa shape index (κ2) is 6.02. The molecule has 2 rings (SSSR count). The minimum Gasteiger partial charge on any atom is -0.389 e. The average molecular weight is 293 g/mol. The highest BCUT2D eigenvalue weighted by Gasteiger charge is 2.17. The summed E-state index contributed by atoms with van der Waals surface area (Å²) >= 11 is 1.14. The number of halogens is 1. The molecular weight excluding hydrogens is 281 g/mol. The molecule has 0 bridgehead atoms. The van der Waals surface area contributed by atoms with Gasteiger partial charge in [-0.3, -0.25) is 10.1 Å². The van der Waals surface area contributed by atoms with E-state index in [0.717, 1.165) is 11.8 Å². The molecule has 0 radical (unpaired) electrons. The Balaban J connectivity index is 2.43. The van der Waals surface area contributed by atoms with E-state index in [9.17, 15) is 19.6 Å². The fourth-order valence-corrected chi connectivity index (χ4v) is 2.87. The number of hydrogen-bond donors (Lipinski definition) is 1. The van der Waals surface area contributed by atoms with E-state index in [4.69, 9.17) is 0 Å². The molecule has 2 aromatic carbocycles. The first kappa shape index (κ1) is 14.5. The average Bonchev–Trinajstić information content (AvgIpc) is 2.41. The van der Waals surface area contributed by atoms with Crippen LogP contribution in [0.1, 0.15) is 18.6 Å². The molecule has 0 heterocycles. The lowest BCUT2D eigenvalue weighted by Crippen LogP contribution is -1.96. The predicted octanol–water partition coefficient (Wildman–Crippen LogP) is 3.94. The highest BCUT2D eigenvalue weighted by Crippen LogP contribution is 2.38. The largest absolute Gasteiger partial charge is 0.389 e. The number of hydrogen-bond acceptors (Lipinski definition) is 4. The van der Waals surface area contributed by atoms with Crippen molar-refractivity contribution in [3.8, 4) is 0 Å². The summed E-state index contributed by atoms with van der Waals surface area (Å²) in [4.78, 5) is 11.5. The Morgan fingerprint density at radius 2 is 1.95 bits per heavy atom. The van der Waals surface area contributed by atoms with Crippen LogP contribution in [-0.4, -0.2) is 10.0 Å². The maximum atomic E-state index is 13.2. The monoisotopic (exact) mass is 293 g/mol. The van der Waals surface area contributed by atoms with Crippen LogP contribution >= 0.6 is 11.8 Å². The minimum atomic E-state index is -0.851. The fourth-order valence-electron chi connectivity index (χ4n) is 1.75. The van der Waals surface area contributed by atoms with Gasteiger partial charge in [-0.1, -0.05) is 23.9 Å². The molecule has 20 heavy (non-hydrogen) atoms. The Kier molecular flexibility index (Phi) is 4.36. The molecule has 0 spiro atoms. The van der Waals surface area contributed by atoms with Crippen LogP contribution in [-0.2, 0) is 0 Å². The van der Waals surface area contributed by atoms with Crippen molar-refractivity contribution in [2.45, 2.75) is 22.8 Å². The molecular formula is C14H12FNO3S. The lowest BCUT2D eigenvalue weighted by atomic mass is 10.1. The number of nitro groups is 1. The minimum absolute atomic E-state index is 0.0154. The van der Waals surface area contributed by atoms with Gasteiger partial charge < -0.3 is 5.11 Å². The number of nitro benzene ring substituents is 1. The summed E-state index contributed by atoms with van der Waals surface area (Å²) in [5, 5.41) is 20.6. The van der Waals surface area contributed by atoms with E-state index in [1.165, 1.54) is 31.2 Å². The smallest absolute Gasteiger partial charge is 0.283 e. The van der Waals surface area contributed by atoms with Crippen LogP contribution in [0, 0.1) is 15.9 Å². The summed E-state index contributed by atoms with van der Waals surface area (Å²) in [6.45, 7) is 1.53. The molecule has 1 atom stereocenters. The zero-order valence-electron chi connectivity index (χ0n) is 10.6. The first-order valence-electron chi connectivity index (χ1n) is 5.88. The molecule has 0 saturated heterocycles. The summed E-state index contributed by atoms with van der Waals surface area (Å²) in [6.07, 6.45) is -0.851. The molecule has 6 heteroatoms. The molecule has 1 unspecified atom stereocenters. The van der Waals surface area contributed by atoms with Gasteiger partial charge in [0, 0.05) is 11.0 Å². The molecule has 0 fully saturated rings. The Morgan fingerprint density at radius 3 is 2.60 bits per heavy atom. The van der Waals surface area contributed by atoms with Gasteiger partial charge in [-0.25, -0.2) is 4.39 Å². The van der Waals surface area contributed by atoms with Crippen molar-refractivity contribution in [1.29, 1.82) is 0 Å². The molecule has 0 saturated carbocycles. The van der Waals surface area contributed by atoms with Crippen LogP contribution < -0.4 is 0 Å². The fraction of sp³-hybridized carbons (Fsp3) is 0.143. The maximum absolute atomic E-state index is 13.2. The van der Waals surface area contributed by atoms with Gasteiger partial charge in [-0.2, -0.15) is 0 Å². The summed E-state index contributed by atoms with van der Waals surface area (Å²) in [6, 6.07) is 10.3. The summed E-state index contributed by atoms with van der Waals surface area (Å²) < 4.78 is 13.2. The van der Waals surface area contributed by atoms with Crippen molar-refractivity contribution < 1.29 is 14.4 Å². The Morgan fingerprint density at radius 1 is 1.25 bits per heavy atom. The van der Waals surface area contributed by atoms with E-state index in [2.05, 4.69) is 0 Å². The number of aliphatic hydroxyl groups is 1. The Labute approximate surface area is 119 Å². The normalized spacial score (nSPS) is 12.2. The van der Waals surface area contributed by atoms with Gasteiger partial charge in [0.1, 0.15) is 5.82 Å². The van der Waals surface area contributed by atoms with Crippen LogP contribution in [0.3, 0.4) is 0 Å². The van der Waals surface area contributed by atoms with E-state index >= 15 is 0 Å². The zero-order valence-corrected chi connectivity index (χ0v) is 11.4. The van der Waals surface area contributed by atoms with E-state index in [0.29, 0.717) is 15.4 Å². The van der Waals surface area contributed by atoms with Gasteiger partial charge in [0.25, 0.3) is 5.69 Å². The van der Waals surface area contributed by atoms with Crippen molar-refractivity contribution in [1.82, 2.24) is 0 Å². The van der Waals surface area contributed by atoms with Gasteiger partial charge in [0.05, 0.1) is 15.9 Å². The number of rotatable bonds is 4. The quantitative estimate of drug-likeness (QED) is 0.685. The van der Waals surface area contributed by atoms with E-state index in [1.54, 1.807) is 18.2 Å². The van der Waals surface area contributed by atoms with Gasteiger partial charge >= 0.3 is 0 Å². The third-order valence-corrected chi connectivity index (χ3v) is 3.86. The lowest BCUT2D eigenvalue weighted by Gasteiger charge is -2.11. The van der Waals surface area contributed by atoms with Gasteiger partial charge in [-0.05, 0) is 36.8 Å². The first-order valence-corrected chi connectivity index (χ1v) is 6.69. The molecule has 0 aliphatic rings. The zero-order chi connectivity index (χ0) is 14.7. The highest BCUT2D eigenvalue weighted by atomic mass is 32.2. The Hall–Kier alpha value is -1.92. The molecule has 0 aliphatic carbocycles. The topological polar surface area (TPSA) is 63.4 Å². The van der Waals surface area contributed by atoms with Gasteiger partial charge in [0.2, 0.25) is 0 Å². The molecule has 104 valence electrons. The van der Waals surface area contributed by atoms with Crippen LogP contribution in [0.15, 0.2) is 52.3 Å². The maximum Gasteiger partial charge on any atom is 0.283 e. The molecule has 1 N–H and O–H groups in total. The third kappa shape index (κ3) is 3.15. The summed E-state index contributed by atoms with van der Waals surface area (Å²) in [7, 11) is 0. The number of para-hydroxylation sites is 1. The van der Waals surface area contributed by atoms with Gasteiger partial charge in [0.15, 0.2) is 0 Å². The van der Waals surface area contributed by atoms with Crippen molar-refractivity contribution in [2.75, 3.05) is 0 Å². The van der Waals surface area contributed by atoms with Crippen LogP contribution in [0.4, 0.5) is 10.1 Å². The molecule has 2 aromatic rings. The molecule has 0 aliphatic heterocycles.